The number of hydrogen-bond donors (Lipinski definition) is 3. The van der Waals surface area contributed by atoms with Gasteiger partial charge in [-0.1, -0.05) is 17.4 Å². The van der Waals surface area contributed by atoms with Gasteiger partial charge in [0.05, 0.1) is 17.3 Å². The third kappa shape index (κ3) is 3.58. The molecule has 9 heteroatoms. The molecule has 0 atom stereocenters. The van der Waals surface area contributed by atoms with Crippen LogP contribution in [0.3, 0.4) is 0 Å². The first kappa shape index (κ1) is 17.0. The Kier molecular flexibility index (Phi) is 4.43. The van der Waals surface area contributed by atoms with Crippen LogP contribution in [0.4, 0.5) is 28.3 Å². The maximum atomic E-state index is 6.23. The minimum atomic E-state index is 0.386. The normalized spacial score (nSPS) is 10.7. The summed E-state index contributed by atoms with van der Waals surface area (Å²) in [6, 6.07) is 9.56. The first-order valence-electron chi connectivity index (χ1n) is 8.14. The molecule has 136 valence electrons. The fourth-order valence-electron chi connectivity index (χ4n) is 2.44. The number of nitrogens with zero attached hydrogens (tertiary/aromatic N) is 4. The summed E-state index contributed by atoms with van der Waals surface area (Å²) in [6.07, 6.45) is 3.21. The number of aromatic nitrogens is 4. The number of benzene rings is 1. The molecule has 0 aliphatic heterocycles. The average Bonchev–Trinajstić information content (AvgIpc) is 3.08. The topological polar surface area (TPSA) is 111 Å². The van der Waals surface area contributed by atoms with Crippen LogP contribution in [-0.2, 0) is 0 Å². The molecule has 0 amide bonds. The van der Waals surface area contributed by atoms with Crippen molar-refractivity contribution < 1.29 is 4.74 Å². The summed E-state index contributed by atoms with van der Waals surface area (Å²) in [6.45, 7) is 1.98. The van der Waals surface area contributed by atoms with E-state index in [1.807, 2.05) is 37.3 Å². The number of aryl methyl sites for hydroxylation is 1. The van der Waals surface area contributed by atoms with Gasteiger partial charge in [0, 0.05) is 6.20 Å². The highest BCUT2D eigenvalue weighted by molar-refractivity contribution is 7.22. The average molecular weight is 379 g/mol. The Labute approximate surface area is 159 Å². The van der Waals surface area contributed by atoms with Gasteiger partial charge >= 0.3 is 0 Å². The predicted octanol–water partition coefficient (Wildman–Crippen LogP) is 3.87. The molecule has 0 fully saturated rings. The molecule has 27 heavy (non-hydrogen) atoms. The Bertz CT molecular complexity index is 1090. The highest BCUT2D eigenvalue weighted by atomic mass is 32.1. The number of thiazole rings is 1. The molecule has 4 aromatic rings. The molecule has 3 heterocycles. The van der Waals surface area contributed by atoms with Gasteiger partial charge in [0.1, 0.15) is 23.6 Å². The van der Waals surface area contributed by atoms with Gasteiger partial charge < -0.3 is 21.1 Å². The van der Waals surface area contributed by atoms with Crippen molar-refractivity contribution in [1.29, 1.82) is 0 Å². The first-order chi connectivity index (χ1) is 13.1. The van der Waals surface area contributed by atoms with Crippen molar-refractivity contribution >= 4 is 49.8 Å². The zero-order valence-corrected chi connectivity index (χ0v) is 15.5. The molecular weight excluding hydrogens is 362 g/mol. The van der Waals surface area contributed by atoms with E-state index < -0.39 is 0 Å². The quantitative estimate of drug-likeness (QED) is 0.479. The fourth-order valence-corrected chi connectivity index (χ4v) is 3.34. The number of hydrogen-bond acceptors (Lipinski definition) is 9. The number of rotatable bonds is 5. The Morgan fingerprint density at radius 2 is 1.85 bits per heavy atom. The Morgan fingerprint density at radius 3 is 2.59 bits per heavy atom. The molecular formula is C18H17N7OS. The van der Waals surface area contributed by atoms with Crippen molar-refractivity contribution in [2.75, 3.05) is 23.5 Å². The largest absolute Gasteiger partial charge is 0.497 e. The van der Waals surface area contributed by atoms with Crippen molar-refractivity contribution in [2.24, 2.45) is 0 Å². The number of pyridine rings is 1. The number of ether oxygens (including phenoxy) is 1. The number of nitrogens with two attached hydrogens (primary N) is 1. The van der Waals surface area contributed by atoms with E-state index in [9.17, 15) is 0 Å². The highest BCUT2D eigenvalue weighted by Crippen LogP contribution is 2.33. The lowest BCUT2D eigenvalue weighted by atomic mass is 10.3. The SMILES string of the molecule is COc1ccc2nc(Nc3ncnc(Nc4ccc(C)cn4)c3N)sc2c1. The summed E-state index contributed by atoms with van der Waals surface area (Å²) in [5.74, 6) is 2.40. The van der Waals surface area contributed by atoms with Crippen LogP contribution in [0.2, 0.25) is 0 Å². The molecule has 0 saturated carbocycles. The fraction of sp³-hybridized carbons (Fsp3) is 0.111. The molecule has 0 aliphatic carbocycles. The van der Waals surface area contributed by atoms with Gasteiger partial charge in [0.25, 0.3) is 0 Å². The molecule has 8 nitrogen and oxygen atoms in total. The Hall–Kier alpha value is -3.46. The van der Waals surface area contributed by atoms with Crippen LogP contribution in [0.5, 0.6) is 5.75 Å². The summed E-state index contributed by atoms with van der Waals surface area (Å²) in [7, 11) is 1.64. The predicted molar refractivity (Wildman–Crippen MR) is 108 cm³/mol. The number of nitrogen functional groups attached to an aromatic ring is 1. The van der Waals surface area contributed by atoms with Crippen molar-refractivity contribution in [3.05, 3.63) is 48.4 Å². The lowest BCUT2D eigenvalue weighted by Gasteiger charge is -2.10. The van der Waals surface area contributed by atoms with Crippen LogP contribution in [-0.4, -0.2) is 27.0 Å². The molecule has 0 spiro atoms. The minimum Gasteiger partial charge on any atom is -0.497 e. The van der Waals surface area contributed by atoms with Crippen molar-refractivity contribution in [3.8, 4) is 5.75 Å². The second-order valence-electron chi connectivity index (χ2n) is 5.81. The third-order valence-electron chi connectivity index (χ3n) is 3.86. The van der Waals surface area contributed by atoms with Crippen molar-refractivity contribution in [2.45, 2.75) is 6.92 Å². The van der Waals surface area contributed by atoms with Crippen LogP contribution in [0.15, 0.2) is 42.9 Å². The first-order valence-corrected chi connectivity index (χ1v) is 8.96. The molecule has 0 saturated heterocycles. The molecule has 0 radical (unpaired) electrons. The van der Waals surface area contributed by atoms with Crippen LogP contribution in [0.25, 0.3) is 10.2 Å². The van der Waals surface area contributed by atoms with Crippen LogP contribution in [0.1, 0.15) is 5.56 Å². The van der Waals surface area contributed by atoms with E-state index >= 15 is 0 Å². The lowest BCUT2D eigenvalue weighted by molar-refractivity contribution is 0.415. The van der Waals surface area contributed by atoms with Gasteiger partial charge in [0.15, 0.2) is 16.8 Å². The van der Waals surface area contributed by atoms with E-state index in [0.717, 1.165) is 21.5 Å². The highest BCUT2D eigenvalue weighted by Gasteiger charge is 2.12. The van der Waals surface area contributed by atoms with Crippen LogP contribution < -0.4 is 21.1 Å². The summed E-state index contributed by atoms with van der Waals surface area (Å²) in [5, 5.41) is 6.95. The van der Waals surface area contributed by atoms with Gasteiger partial charge in [-0.3, -0.25) is 0 Å². The second-order valence-corrected chi connectivity index (χ2v) is 6.84. The molecule has 3 aromatic heterocycles. The van der Waals surface area contributed by atoms with Crippen molar-refractivity contribution in [1.82, 2.24) is 19.9 Å². The minimum absolute atomic E-state index is 0.386. The van der Waals surface area contributed by atoms with E-state index in [1.165, 1.54) is 17.7 Å². The lowest BCUT2D eigenvalue weighted by Crippen LogP contribution is -2.05. The number of nitrogens with one attached hydrogen (secondary N) is 2. The molecule has 4 N–H and O–H groups in total. The summed E-state index contributed by atoms with van der Waals surface area (Å²) >= 11 is 1.49. The number of methoxy groups -OCH3 is 1. The van der Waals surface area contributed by atoms with E-state index in [1.54, 1.807) is 13.3 Å². The second kappa shape index (κ2) is 7.04. The summed E-state index contributed by atoms with van der Waals surface area (Å²) in [4.78, 5) is 17.3. The molecule has 0 unspecified atom stereocenters. The Morgan fingerprint density at radius 1 is 1.04 bits per heavy atom. The summed E-state index contributed by atoms with van der Waals surface area (Å²) in [5.41, 5.74) is 8.56. The number of anilines is 5. The monoisotopic (exact) mass is 379 g/mol. The molecule has 0 aliphatic rings. The van der Waals surface area contributed by atoms with Gasteiger partial charge in [0.2, 0.25) is 0 Å². The Balaban J connectivity index is 1.59. The zero-order valence-electron chi connectivity index (χ0n) is 14.7. The maximum absolute atomic E-state index is 6.23. The van der Waals surface area contributed by atoms with Gasteiger partial charge in [-0.05, 0) is 36.8 Å². The maximum Gasteiger partial charge on any atom is 0.189 e. The van der Waals surface area contributed by atoms with E-state index in [4.69, 9.17) is 10.5 Å². The van der Waals surface area contributed by atoms with Gasteiger partial charge in [-0.25, -0.2) is 19.9 Å². The third-order valence-corrected chi connectivity index (χ3v) is 4.80. The van der Waals surface area contributed by atoms with Crippen LogP contribution in [0, 0.1) is 6.92 Å². The summed E-state index contributed by atoms with van der Waals surface area (Å²) < 4.78 is 6.26. The van der Waals surface area contributed by atoms with Gasteiger partial charge in [-0.2, -0.15) is 0 Å². The van der Waals surface area contributed by atoms with Crippen LogP contribution >= 0.6 is 11.3 Å². The smallest absolute Gasteiger partial charge is 0.189 e. The van der Waals surface area contributed by atoms with Crippen molar-refractivity contribution in [3.63, 3.8) is 0 Å². The van der Waals surface area contributed by atoms with E-state index in [2.05, 4.69) is 30.6 Å². The molecule has 1 aromatic carbocycles. The standard InChI is InChI=1S/C18H17N7OS/c1-10-3-6-14(20-8-10)24-16-15(19)17(22-9-21-16)25-18-23-12-5-4-11(26-2)7-13(12)27-18/h3-9H,19H2,1-2H3,(H2,20,21,22,23,24,25). The van der Waals surface area contributed by atoms with E-state index in [0.29, 0.717) is 28.3 Å². The number of fused-ring (bicyclic) bond motifs is 1. The molecule has 0 bridgehead atoms. The van der Waals surface area contributed by atoms with E-state index in [-0.39, 0.29) is 0 Å². The zero-order chi connectivity index (χ0) is 18.8. The molecule has 4 rings (SSSR count). The van der Waals surface area contributed by atoms with Gasteiger partial charge in [-0.15, -0.1) is 0 Å².